The highest BCUT2D eigenvalue weighted by atomic mass is 19.1. The van der Waals surface area contributed by atoms with Crippen LogP contribution in [0.15, 0.2) is 18.2 Å². The first-order chi connectivity index (χ1) is 15.8. The molecule has 1 atom stereocenters. The predicted molar refractivity (Wildman–Crippen MR) is 112 cm³/mol. The summed E-state index contributed by atoms with van der Waals surface area (Å²) < 4.78 is 13.8. The van der Waals surface area contributed by atoms with E-state index in [1.807, 2.05) is 4.90 Å². The van der Waals surface area contributed by atoms with Crippen LogP contribution in [0, 0.1) is 5.82 Å². The minimum Gasteiger partial charge on any atom is -0.480 e. The van der Waals surface area contributed by atoms with E-state index >= 15 is 0 Å². The van der Waals surface area contributed by atoms with E-state index in [4.69, 9.17) is 10.2 Å². The molecule has 0 radical (unpaired) electrons. The van der Waals surface area contributed by atoms with Gasteiger partial charge in [-0.05, 0) is 44.5 Å². The summed E-state index contributed by atoms with van der Waals surface area (Å²) in [5.74, 6) is -4.36. The number of hydrogen-bond donors (Lipinski definition) is 2. The summed E-state index contributed by atoms with van der Waals surface area (Å²) in [6, 6.07) is 2.54. The van der Waals surface area contributed by atoms with Crippen LogP contribution in [0.2, 0.25) is 0 Å². The van der Waals surface area contributed by atoms with Crippen LogP contribution in [0.4, 0.5) is 4.39 Å². The molecule has 0 saturated carbocycles. The lowest BCUT2D eigenvalue weighted by molar-refractivity contribution is -0.152. The summed E-state index contributed by atoms with van der Waals surface area (Å²) in [7, 11) is 0. The second kappa shape index (κ2) is 10.6. The van der Waals surface area contributed by atoms with Gasteiger partial charge in [0.15, 0.2) is 0 Å². The average molecular weight is 463 g/mol. The SMILES string of the molecule is O=C(O)CN1CCCCC1.O=C1CCC(N2C(=O)c3cccc(F)c3C2=O)C(=O)N1CCO. The number of halogens is 1. The topological polar surface area (TPSA) is 136 Å². The molecule has 33 heavy (non-hydrogen) atoms. The molecule has 3 aliphatic rings. The molecule has 0 spiro atoms. The highest BCUT2D eigenvalue weighted by molar-refractivity contribution is 6.23. The third-order valence-corrected chi connectivity index (χ3v) is 5.82. The highest BCUT2D eigenvalue weighted by Crippen LogP contribution is 2.30. The van der Waals surface area contributed by atoms with Gasteiger partial charge in [0.25, 0.3) is 17.7 Å². The average Bonchev–Trinajstić information content (AvgIpc) is 3.03. The number of hydrogen-bond acceptors (Lipinski definition) is 7. The smallest absolute Gasteiger partial charge is 0.317 e. The number of carboxylic acids is 1. The molecule has 1 aromatic carbocycles. The molecule has 1 unspecified atom stereocenters. The molecule has 4 amide bonds. The Kier molecular flexibility index (Phi) is 7.88. The fourth-order valence-electron chi connectivity index (χ4n) is 4.25. The molecule has 11 heteroatoms. The van der Waals surface area contributed by atoms with Crippen molar-refractivity contribution in [3.8, 4) is 0 Å². The Bertz CT molecular complexity index is 961. The molecule has 2 fully saturated rings. The number of carbonyl (C=O) groups is 5. The van der Waals surface area contributed by atoms with Crippen LogP contribution in [-0.2, 0) is 14.4 Å². The van der Waals surface area contributed by atoms with Gasteiger partial charge in [-0.3, -0.25) is 38.7 Å². The van der Waals surface area contributed by atoms with Gasteiger partial charge in [0.05, 0.1) is 30.8 Å². The van der Waals surface area contributed by atoms with Crippen molar-refractivity contribution in [1.82, 2.24) is 14.7 Å². The van der Waals surface area contributed by atoms with Crippen molar-refractivity contribution >= 4 is 29.6 Å². The lowest BCUT2D eigenvalue weighted by Crippen LogP contribution is -2.56. The van der Waals surface area contributed by atoms with E-state index in [2.05, 4.69) is 0 Å². The molecule has 3 heterocycles. The van der Waals surface area contributed by atoms with Crippen LogP contribution in [0.25, 0.3) is 0 Å². The Hall–Kier alpha value is -3.18. The van der Waals surface area contributed by atoms with E-state index in [0.717, 1.165) is 36.9 Å². The van der Waals surface area contributed by atoms with E-state index in [9.17, 15) is 28.4 Å². The molecule has 3 aliphatic heterocycles. The largest absolute Gasteiger partial charge is 0.480 e. The van der Waals surface area contributed by atoms with Crippen molar-refractivity contribution in [1.29, 1.82) is 0 Å². The van der Waals surface area contributed by atoms with Crippen molar-refractivity contribution in [2.24, 2.45) is 0 Å². The van der Waals surface area contributed by atoms with Gasteiger partial charge in [-0.1, -0.05) is 12.5 Å². The number of fused-ring (bicyclic) bond motifs is 1. The number of carbonyl (C=O) groups excluding carboxylic acids is 4. The molecule has 2 saturated heterocycles. The molecular formula is C22H26FN3O7. The van der Waals surface area contributed by atoms with Gasteiger partial charge in [0, 0.05) is 6.42 Å². The Labute approximate surface area is 189 Å². The number of aliphatic carboxylic acids is 1. The van der Waals surface area contributed by atoms with E-state index < -0.39 is 48.1 Å². The quantitative estimate of drug-likeness (QED) is 0.603. The summed E-state index contributed by atoms with van der Waals surface area (Å²) in [5, 5.41) is 17.4. The number of rotatable bonds is 5. The molecule has 178 valence electrons. The highest BCUT2D eigenvalue weighted by Gasteiger charge is 2.47. The number of β-amino-alcohol motifs (C(OH)–C–C–N with tert-alkyl or cyclic N) is 1. The Morgan fingerprint density at radius 1 is 1.06 bits per heavy atom. The van der Waals surface area contributed by atoms with Crippen molar-refractivity contribution in [2.45, 2.75) is 38.1 Å². The maximum absolute atomic E-state index is 13.8. The zero-order valence-corrected chi connectivity index (χ0v) is 18.0. The van der Waals surface area contributed by atoms with E-state index in [1.165, 1.54) is 18.6 Å². The van der Waals surface area contributed by atoms with Crippen molar-refractivity contribution < 1.29 is 38.6 Å². The Morgan fingerprint density at radius 3 is 2.36 bits per heavy atom. The molecule has 4 rings (SSSR count). The second-order valence-electron chi connectivity index (χ2n) is 8.03. The summed E-state index contributed by atoms with van der Waals surface area (Å²) in [6.07, 6.45) is 3.54. The van der Waals surface area contributed by atoms with Gasteiger partial charge >= 0.3 is 5.97 Å². The molecule has 0 bridgehead atoms. The predicted octanol–water partition coefficient (Wildman–Crippen LogP) is 0.488. The second-order valence-corrected chi connectivity index (χ2v) is 8.03. The molecule has 10 nitrogen and oxygen atoms in total. The first kappa shape index (κ1) is 24.5. The van der Waals surface area contributed by atoms with Gasteiger partial charge in [0.1, 0.15) is 11.9 Å². The number of imide groups is 2. The monoisotopic (exact) mass is 463 g/mol. The molecule has 0 aromatic heterocycles. The van der Waals surface area contributed by atoms with Crippen LogP contribution >= 0.6 is 0 Å². The van der Waals surface area contributed by atoms with E-state index in [1.54, 1.807) is 0 Å². The lowest BCUT2D eigenvalue weighted by atomic mass is 10.0. The van der Waals surface area contributed by atoms with Crippen molar-refractivity contribution in [3.63, 3.8) is 0 Å². The maximum Gasteiger partial charge on any atom is 0.317 e. The van der Waals surface area contributed by atoms with Crippen LogP contribution in [0.5, 0.6) is 0 Å². The normalized spacial score (nSPS) is 21.1. The summed E-state index contributed by atoms with van der Waals surface area (Å²) in [5.41, 5.74) is -0.440. The molecular weight excluding hydrogens is 437 g/mol. The molecule has 1 aromatic rings. The van der Waals surface area contributed by atoms with Gasteiger partial charge in [0.2, 0.25) is 5.91 Å². The fraction of sp³-hybridized carbons (Fsp3) is 0.500. The zero-order chi connectivity index (χ0) is 24.1. The number of carboxylic acid groups (broad SMARTS) is 1. The maximum atomic E-state index is 13.8. The molecule has 0 aliphatic carbocycles. The zero-order valence-electron chi connectivity index (χ0n) is 18.0. The van der Waals surface area contributed by atoms with Gasteiger partial charge in [-0.2, -0.15) is 0 Å². The fourth-order valence-corrected chi connectivity index (χ4v) is 4.25. The first-order valence-corrected chi connectivity index (χ1v) is 10.8. The number of aliphatic hydroxyl groups excluding tert-OH is 1. The number of aliphatic hydroxyl groups is 1. The number of nitrogens with zero attached hydrogens (tertiary/aromatic N) is 3. The summed E-state index contributed by atoms with van der Waals surface area (Å²) in [4.78, 5) is 62.7. The Morgan fingerprint density at radius 2 is 1.76 bits per heavy atom. The number of likely N-dealkylation sites (tertiary alicyclic amines) is 2. The van der Waals surface area contributed by atoms with Gasteiger partial charge in [-0.15, -0.1) is 0 Å². The number of piperidine rings is 2. The summed E-state index contributed by atoms with van der Waals surface area (Å²) >= 11 is 0. The van der Waals surface area contributed by atoms with Crippen molar-refractivity contribution in [2.75, 3.05) is 32.8 Å². The van der Waals surface area contributed by atoms with Gasteiger partial charge < -0.3 is 10.2 Å². The number of benzene rings is 1. The standard InChI is InChI=1S/C15H13FN2O5.C7H13NO2/c16-9-3-1-2-8-12(9)15(23)18(13(8)21)10-4-5-11(20)17(6-7-19)14(10)22;9-7(10)6-8-4-2-1-3-5-8/h1-3,10,19H,4-7H2;1-6H2,(H,9,10). The minimum absolute atomic E-state index is 0.00726. The lowest BCUT2D eigenvalue weighted by Gasteiger charge is -2.34. The third kappa shape index (κ3) is 5.25. The Balaban J connectivity index is 0.000000257. The van der Waals surface area contributed by atoms with Crippen LogP contribution < -0.4 is 0 Å². The van der Waals surface area contributed by atoms with Crippen LogP contribution in [-0.4, -0.2) is 93.3 Å². The summed E-state index contributed by atoms with van der Waals surface area (Å²) in [6.45, 7) is 1.53. The van der Waals surface area contributed by atoms with Gasteiger partial charge in [-0.25, -0.2) is 4.39 Å². The van der Waals surface area contributed by atoms with Crippen LogP contribution in [0.1, 0.15) is 52.8 Å². The number of amides is 4. The first-order valence-electron chi connectivity index (χ1n) is 10.8. The minimum atomic E-state index is -1.16. The van der Waals surface area contributed by atoms with E-state index in [-0.39, 0.29) is 37.1 Å². The molecule has 2 N–H and O–H groups in total. The van der Waals surface area contributed by atoms with E-state index in [0.29, 0.717) is 4.90 Å². The van der Waals surface area contributed by atoms with Crippen LogP contribution in [0.3, 0.4) is 0 Å². The third-order valence-electron chi connectivity index (χ3n) is 5.82. The van der Waals surface area contributed by atoms with Crippen molar-refractivity contribution in [3.05, 3.63) is 35.1 Å².